The van der Waals surface area contributed by atoms with E-state index in [-0.39, 0.29) is 24.0 Å². The normalized spacial score (nSPS) is 20.6. The quantitative estimate of drug-likeness (QED) is 0.229. The number of guanidine groups is 1. The molecule has 0 spiro atoms. The maximum Gasteiger partial charge on any atom is 0.191 e. The number of hydrogen-bond acceptors (Lipinski definition) is 4. The van der Waals surface area contributed by atoms with Crippen LogP contribution in [0.2, 0.25) is 0 Å². The van der Waals surface area contributed by atoms with Crippen molar-refractivity contribution in [3.63, 3.8) is 0 Å². The highest BCUT2D eigenvalue weighted by molar-refractivity contribution is 14.0. The van der Waals surface area contributed by atoms with Gasteiger partial charge in [-0.25, -0.2) is 0 Å². The van der Waals surface area contributed by atoms with E-state index in [1.54, 1.807) is 0 Å². The molecule has 0 aromatic rings. The summed E-state index contributed by atoms with van der Waals surface area (Å²) in [4.78, 5) is 6.84. The van der Waals surface area contributed by atoms with E-state index < -0.39 is 0 Å². The van der Waals surface area contributed by atoms with Crippen molar-refractivity contribution in [3.05, 3.63) is 0 Å². The molecule has 2 heterocycles. The van der Waals surface area contributed by atoms with Crippen molar-refractivity contribution in [2.75, 3.05) is 66.2 Å². The van der Waals surface area contributed by atoms with Crippen molar-refractivity contribution in [2.45, 2.75) is 39.0 Å². The summed E-state index contributed by atoms with van der Waals surface area (Å²) in [6, 6.07) is 0. The van der Waals surface area contributed by atoms with Crippen molar-refractivity contribution in [3.8, 4) is 0 Å². The first-order valence-corrected chi connectivity index (χ1v) is 10.1. The van der Waals surface area contributed by atoms with Gasteiger partial charge in [0.15, 0.2) is 5.96 Å². The van der Waals surface area contributed by atoms with Crippen LogP contribution in [0, 0.1) is 11.8 Å². The van der Waals surface area contributed by atoms with Gasteiger partial charge in [0.1, 0.15) is 0 Å². The Kier molecular flexibility index (Phi) is 13.7. The molecule has 2 aliphatic rings. The van der Waals surface area contributed by atoms with E-state index in [1.807, 2.05) is 7.05 Å². The van der Waals surface area contributed by atoms with Gasteiger partial charge in [0, 0.05) is 53.1 Å². The molecule has 0 aliphatic carbocycles. The molecule has 0 aromatic carbocycles. The van der Waals surface area contributed by atoms with E-state index in [0.717, 1.165) is 77.2 Å². The molecule has 0 aromatic heterocycles. The standard InChI is InChI=1S/C19H38N4O2.HI/c1-17-4-10-23(11-5-17)12-9-22-19(20-2)21-8-3-13-25-16-18-6-14-24-15-7-18;/h17-18H,3-16H2,1-2H3,(H2,20,21,22);1H. The van der Waals surface area contributed by atoms with Crippen LogP contribution < -0.4 is 10.6 Å². The summed E-state index contributed by atoms with van der Waals surface area (Å²) >= 11 is 0. The molecule has 26 heavy (non-hydrogen) atoms. The SMILES string of the molecule is CN=C(NCCCOCC1CCOCC1)NCCN1CCC(C)CC1.I. The van der Waals surface area contributed by atoms with Crippen LogP contribution in [-0.4, -0.2) is 77.1 Å². The van der Waals surface area contributed by atoms with Gasteiger partial charge in [-0.15, -0.1) is 24.0 Å². The largest absolute Gasteiger partial charge is 0.381 e. The third kappa shape index (κ3) is 10.3. The highest BCUT2D eigenvalue weighted by Gasteiger charge is 2.15. The van der Waals surface area contributed by atoms with Crippen LogP contribution in [0.3, 0.4) is 0 Å². The molecule has 0 saturated carbocycles. The summed E-state index contributed by atoms with van der Waals surface area (Å²) in [7, 11) is 1.83. The number of rotatable bonds is 9. The zero-order valence-corrected chi connectivity index (χ0v) is 19.0. The van der Waals surface area contributed by atoms with Gasteiger partial charge in [-0.1, -0.05) is 6.92 Å². The fourth-order valence-electron chi connectivity index (χ4n) is 3.38. The Morgan fingerprint density at radius 3 is 2.50 bits per heavy atom. The molecule has 0 amide bonds. The van der Waals surface area contributed by atoms with Gasteiger partial charge < -0.3 is 25.0 Å². The number of likely N-dealkylation sites (tertiary alicyclic amines) is 1. The third-order valence-corrected chi connectivity index (χ3v) is 5.27. The molecule has 2 aliphatic heterocycles. The molecule has 0 atom stereocenters. The van der Waals surface area contributed by atoms with Gasteiger partial charge in [-0.2, -0.15) is 0 Å². The van der Waals surface area contributed by atoms with Crippen molar-refractivity contribution in [1.82, 2.24) is 15.5 Å². The van der Waals surface area contributed by atoms with Crippen LogP contribution in [0.15, 0.2) is 4.99 Å². The van der Waals surface area contributed by atoms with E-state index in [1.165, 1.54) is 25.9 Å². The van der Waals surface area contributed by atoms with E-state index in [0.29, 0.717) is 5.92 Å². The molecule has 0 bridgehead atoms. The third-order valence-electron chi connectivity index (χ3n) is 5.27. The zero-order valence-electron chi connectivity index (χ0n) is 16.7. The van der Waals surface area contributed by atoms with Crippen LogP contribution in [0.25, 0.3) is 0 Å². The number of aliphatic imine (C=N–C) groups is 1. The van der Waals surface area contributed by atoms with Gasteiger partial charge in [0.25, 0.3) is 0 Å². The maximum absolute atomic E-state index is 5.80. The van der Waals surface area contributed by atoms with Crippen molar-refractivity contribution >= 4 is 29.9 Å². The highest BCUT2D eigenvalue weighted by atomic mass is 127. The fraction of sp³-hybridized carbons (Fsp3) is 0.947. The van der Waals surface area contributed by atoms with Gasteiger partial charge in [0.05, 0.1) is 0 Å². The first-order chi connectivity index (χ1) is 12.3. The van der Waals surface area contributed by atoms with E-state index in [4.69, 9.17) is 9.47 Å². The monoisotopic (exact) mass is 482 g/mol. The minimum absolute atomic E-state index is 0. The first-order valence-electron chi connectivity index (χ1n) is 10.1. The summed E-state index contributed by atoms with van der Waals surface area (Å²) in [5.41, 5.74) is 0. The minimum atomic E-state index is 0. The van der Waals surface area contributed by atoms with Gasteiger partial charge in [-0.05, 0) is 57.0 Å². The zero-order chi connectivity index (χ0) is 17.7. The predicted molar refractivity (Wildman–Crippen MR) is 119 cm³/mol. The predicted octanol–water partition coefficient (Wildman–Crippen LogP) is 2.33. The second kappa shape index (κ2) is 14.9. The number of piperidine rings is 1. The summed E-state index contributed by atoms with van der Waals surface area (Å²) < 4.78 is 11.2. The van der Waals surface area contributed by atoms with Gasteiger partial charge >= 0.3 is 0 Å². The molecule has 6 nitrogen and oxygen atoms in total. The van der Waals surface area contributed by atoms with Crippen LogP contribution in [0.1, 0.15) is 39.0 Å². The van der Waals surface area contributed by atoms with Crippen LogP contribution in [0.5, 0.6) is 0 Å². The Balaban J connectivity index is 0.00000338. The number of ether oxygens (including phenoxy) is 2. The van der Waals surface area contributed by atoms with Crippen molar-refractivity contribution in [2.24, 2.45) is 16.8 Å². The number of nitrogens with zero attached hydrogens (tertiary/aromatic N) is 2. The summed E-state index contributed by atoms with van der Waals surface area (Å²) in [5.74, 6) is 2.48. The molecular weight excluding hydrogens is 443 g/mol. The summed E-state index contributed by atoms with van der Waals surface area (Å²) in [5, 5.41) is 6.79. The maximum atomic E-state index is 5.80. The molecule has 154 valence electrons. The fourth-order valence-corrected chi connectivity index (χ4v) is 3.38. The van der Waals surface area contributed by atoms with E-state index in [2.05, 4.69) is 27.4 Å². The second-order valence-electron chi connectivity index (χ2n) is 7.43. The molecule has 7 heteroatoms. The number of hydrogen-bond donors (Lipinski definition) is 2. The molecule has 0 unspecified atom stereocenters. The average molecular weight is 482 g/mol. The number of nitrogens with one attached hydrogen (secondary N) is 2. The van der Waals surface area contributed by atoms with E-state index >= 15 is 0 Å². The molecule has 0 radical (unpaired) electrons. The average Bonchev–Trinajstić information content (AvgIpc) is 2.65. The van der Waals surface area contributed by atoms with Crippen LogP contribution >= 0.6 is 24.0 Å². The molecule has 2 fully saturated rings. The van der Waals surface area contributed by atoms with Crippen LogP contribution in [0.4, 0.5) is 0 Å². The topological polar surface area (TPSA) is 58.1 Å². The smallest absolute Gasteiger partial charge is 0.191 e. The molecule has 2 saturated heterocycles. The van der Waals surface area contributed by atoms with Gasteiger partial charge in [0.2, 0.25) is 0 Å². The van der Waals surface area contributed by atoms with Crippen molar-refractivity contribution in [1.29, 1.82) is 0 Å². The Morgan fingerprint density at radius 1 is 1.12 bits per heavy atom. The Bertz CT molecular complexity index is 371. The Hall–Kier alpha value is -0.120. The van der Waals surface area contributed by atoms with Crippen LogP contribution in [-0.2, 0) is 9.47 Å². The first kappa shape index (κ1) is 23.9. The highest BCUT2D eigenvalue weighted by Crippen LogP contribution is 2.15. The minimum Gasteiger partial charge on any atom is -0.381 e. The lowest BCUT2D eigenvalue weighted by molar-refractivity contribution is 0.0203. The summed E-state index contributed by atoms with van der Waals surface area (Å²) in [6.07, 6.45) is 5.96. The lowest BCUT2D eigenvalue weighted by atomic mass is 9.99. The summed E-state index contributed by atoms with van der Waals surface area (Å²) in [6.45, 7) is 11.3. The lowest BCUT2D eigenvalue weighted by Crippen LogP contribution is -2.43. The Labute approximate surface area is 176 Å². The molecule has 2 N–H and O–H groups in total. The second-order valence-corrected chi connectivity index (χ2v) is 7.43. The van der Waals surface area contributed by atoms with E-state index in [9.17, 15) is 0 Å². The molecule has 2 rings (SSSR count). The molecular formula is C19H39IN4O2. The van der Waals surface area contributed by atoms with Gasteiger partial charge in [-0.3, -0.25) is 4.99 Å². The van der Waals surface area contributed by atoms with Crippen molar-refractivity contribution < 1.29 is 9.47 Å². The number of halogens is 1. The Morgan fingerprint density at radius 2 is 1.81 bits per heavy atom. The lowest BCUT2D eigenvalue weighted by Gasteiger charge is -2.30.